The Balaban J connectivity index is 1.94. The van der Waals surface area contributed by atoms with E-state index in [2.05, 4.69) is 21.9 Å². The highest BCUT2D eigenvalue weighted by molar-refractivity contribution is 5.13. The quantitative estimate of drug-likeness (QED) is 0.850. The van der Waals surface area contributed by atoms with Gasteiger partial charge >= 0.3 is 0 Å². The van der Waals surface area contributed by atoms with Gasteiger partial charge in [0.25, 0.3) is 0 Å². The van der Waals surface area contributed by atoms with Crippen molar-refractivity contribution in [3.05, 3.63) is 47.8 Å². The summed E-state index contributed by atoms with van der Waals surface area (Å²) < 4.78 is 2.03. The van der Waals surface area contributed by atoms with Crippen LogP contribution in [0.25, 0.3) is 0 Å². The first-order chi connectivity index (χ1) is 8.69. The second-order valence-corrected chi connectivity index (χ2v) is 4.49. The predicted molar refractivity (Wildman–Crippen MR) is 70.5 cm³/mol. The number of hydrogen-bond donors (Lipinski definition) is 1. The highest BCUT2D eigenvalue weighted by Gasteiger charge is 2.06. The Morgan fingerprint density at radius 2 is 2.11 bits per heavy atom. The Morgan fingerprint density at radius 3 is 2.67 bits per heavy atom. The summed E-state index contributed by atoms with van der Waals surface area (Å²) in [4.78, 5) is 10.9. The van der Waals surface area contributed by atoms with Crippen LogP contribution in [0.15, 0.2) is 30.7 Å². The van der Waals surface area contributed by atoms with E-state index in [0.29, 0.717) is 6.54 Å². The molecule has 0 saturated heterocycles. The number of imidazole rings is 1. The van der Waals surface area contributed by atoms with Crippen molar-refractivity contribution in [1.29, 1.82) is 0 Å². The molecule has 2 rings (SSSR count). The molecule has 2 heterocycles. The average Bonchev–Trinajstić information content (AvgIpc) is 2.76. The minimum atomic E-state index is 0.538. The minimum absolute atomic E-state index is 0.538. The van der Waals surface area contributed by atoms with Crippen LogP contribution in [0.1, 0.15) is 17.1 Å². The van der Waals surface area contributed by atoms with E-state index >= 15 is 0 Å². The van der Waals surface area contributed by atoms with Crippen LogP contribution >= 0.6 is 0 Å². The van der Waals surface area contributed by atoms with Crippen molar-refractivity contribution in [3.63, 3.8) is 0 Å². The molecular formula is C13H19N5. The van der Waals surface area contributed by atoms with Crippen molar-refractivity contribution in [2.75, 3.05) is 7.05 Å². The van der Waals surface area contributed by atoms with Crippen LogP contribution < -0.4 is 5.73 Å². The first-order valence-electron chi connectivity index (χ1n) is 5.97. The van der Waals surface area contributed by atoms with Crippen LogP contribution in [0.4, 0.5) is 0 Å². The molecule has 0 aliphatic carbocycles. The molecule has 0 fully saturated rings. The second kappa shape index (κ2) is 5.75. The van der Waals surface area contributed by atoms with E-state index in [1.807, 2.05) is 42.3 Å². The molecule has 5 nitrogen and oxygen atoms in total. The topological polar surface area (TPSA) is 60.0 Å². The largest absolute Gasteiger partial charge is 0.337 e. The normalized spacial score (nSPS) is 11.1. The van der Waals surface area contributed by atoms with E-state index in [4.69, 9.17) is 5.73 Å². The Hall–Kier alpha value is -1.72. The summed E-state index contributed by atoms with van der Waals surface area (Å²) >= 11 is 0. The first-order valence-corrected chi connectivity index (χ1v) is 5.97. The maximum absolute atomic E-state index is 5.55. The molecule has 0 aliphatic rings. The zero-order chi connectivity index (χ0) is 13.0. The van der Waals surface area contributed by atoms with Crippen molar-refractivity contribution in [2.45, 2.75) is 19.6 Å². The summed E-state index contributed by atoms with van der Waals surface area (Å²) in [6.07, 6.45) is 5.61. The molecule has 18 heavy (non-hydrogen) atoms. The lowest BCUT2D eigenvalue weighted by Crippen LogP contribution is -2.20. The van der Waals surface area contributed by atoms with Gasteiger partial charge in [-0.05, 0) is 18.7 Å². The van der Waals surface area contributed by atoms with Gasteiger partial charge in [0.2, 0.25) is 0 Å². The van der Waals surface area contributed by atoms with Crippen molar-refractivity contribution >= 4 is 0 Å². The average molecular weight is 245 g/mol. The molecule has 0 amide bonds. The number of aryl methyl sites for hydroxylation is 1. The number of pyridine rings is 1. The Labute approximate surface area is 107 Å². The van der Waals surface area contributed by atoms with Gasteiger partial charge in [0.1, 0.15) is 5.82 Å². The van der Waals surface area contributed by atoms with Crippen molar-refractivity contribution in [2.24, 2.45) is 12.8 Å². The van der Waals surface area contributed by atoms with E-state index in [-0.39, 0.29) is 0 Å². The summed E-state index contributed by atoms with van der Waals surface area (Å²) in [5.74, 6) is 1.05. The number of aromatic nitrogens is 3. The fraction of sp³-hybridized carbons (Fsp3) is 0.385. The van der Waals surface area contributed by atoms with Gasteiger partial charge in [-0.15, -0.1) is 0 Å². The molecule has 0 unspecified atom stereocenters. The fourth-order valence-corrected chi connectivity index (χ4v) is 1.79. The number of nitrogens with zero attached hydrogens (tertiary/aromatic N) is 4. The van der Waals surface area contributed by atoms with E-state index in [1.165, 1.54) is 0 Å². The van der Waals surface area contributed by atoms with Crippen molar-refractivity contribution in [3.8, 4) is 0 Å². The lowest BCUT2D eigenvalue weighted by atomic mass is 10.2. The Morgan fingerprint density at radius 1 is 1.28 bits per heavy atom. The second-order valence-electron chi connectivity index (χ2n) is 4.49. The van der Waals surface area contributed by atoms with Gasteiger partial charge in [-0.3, -0.25) is 9.88 Å². The summed E-state index contributed by atoms with van der Waals surface area (Å²) in [6.45, 7) is 2.15. The SMILES string of the molecule is CN(Cc1ccc(CN)cn1)Cc1nccn1C. The number of nitrogens with two attached hydrogens (primary N) is 1. The third-order valence-corrected chi connectivity index (χ3v) is 2.89. The molecule has 2 aromatic heterocycles. The lowest BCUT2D eigenvalue weighted by molar-refractivity contribution is 0.303. The number of hydrogen-bond acceptors (Lipinski definition) is 4. The van der Waals surface area contributed by atoms with Gasteiger partial charge < -0.3 is 10.3 Å². The fourth-order valence-electron chi connectivity index (χ4n) is 1.79. The van der Waals surface area contributed by atoms with E-state index in [9.17, 15) is 0 Å². The minimum Gasteiger partial charge on any atom is -0.337 e. The van der Waals surface area contributed by atoms with E-state index in [1.54, 1.807) is 0 Å². The molecule has 0 radical (unpaired) electrons. The molecule has 0 aromatic carbocycles. The molecule has 0 spiro atoms. The van der Waals surface area contributed by atoms with Crippen LogP contribution in [0.2, 0.25) is 0 Å². The van der Waals surface area contributed by atoms with Crippen molar-refractivity contribution in [1.82, 2.24) is 19.4 Å². The Kier molecular flexibility index (Phi) is 4.07. The zero-order valence-corrected chi connectivity index (χ0v) is 10.9. The smallest absolute Gasteiger partial charge is 0.122 e. The van der Waals surface area contributed by atoms with Crippen LogP contribution in [0.3, 0.4) is 0 Å². The standard InChI is InChI=1S/C13H19N5/c1-17(10-13-15-5-6-18(13)2)9-12-4-3-11(7-14)8-16-12/h3-6,8H,7,9-10,14H2,1-2H3. The molecule has 5 heteroatoms. The third kappa shape index (κ3) is 3.15. The van der Waals surface area contributed by atoms with Gasteiger partial charge in [0.15, 0.2) is 0 Å². The highest BCUT2D eigenvalue weighted by atomic mass is 15.2. The van der Waals surface area contributed by atoms with Gasteiger partial charge in [0, 0.05) is 38.7 Å². The Bertz CT molecular complexity index is 488. The summed E-state index contributed by atoms with van der Waals surface area (Å²) in [6, 6.07) is 4.05. The monoisotopic (exact) mass is 245 g/mol. The van der Waals surface area contributed by atoms with Crippen LogP contribution in [-0.4, -0.2) is 26.5 Å². The summed E-state index contributed by atoms with van der Waals surface area (Å²) in [7, 11) is 4.07. The molecule has 0 aliphatic heterocycles. The molecule has 2 N–H and O–H groups in total. The van der Waals surface area contributed by atoms with Gasteiger partial charge in [-0.25, -0.2) is 4.98 Å². The van der Waals surface area contributed by atoms with Crippen molar-refractivity contribution < 1.29 is 0 Å². The van der Waals surface area contributed by atoms with Gasteiger partial charge in [-0.1, -0.05) is 6.07 Å². The van der Waals surface area contributed by atoms with Crippen LogP contribution in [-0.2, 0) is 26.7 Å². The summed E-state index contributed by atoms with van der Waals surface area (Å²) in [5, 5.41) is 0. The maximum atomic E-state index is 5.55. The lowest BCUT2D eigenvalue weighted by Gasteiger charge is -2.15. The first kappa shape index (κ1) is 12.7. The molecule has 0 bridgehead atoms. The van der Waals surface area contributed by atoms with Gasteiger partial charge in [-0.2, -0.15) is 0 Å². The number of rotatable bonds is 5. The molecule has 0 atom stereocenters. The summed E-state index contributed by atoms with van der Waals surface area (Å²) in [5.41, 5.74) is 7.65. The van der Waals surface area contributed by atoms with E-state index in [0.717, 1.165) is 30.2 Å². The van der Waals surface area contributed by atoms with Crippen LogP contribution in [0, 0.1) is 0 Å². The van der Waals surface area contributed by atoms with Gasteiger partial charge in [0.05, 0.1) is 12.2 Å². The predicted octanol–water partition coefficient (Wildman–Crippen LogP) is 0.906. The zero-order valence-electron chi connectivity index (χ0n) is 10.9. The third-order valence-electron chi connectivity index (χ3n) is 2.89. The highest BCUT2D eigenvalue weighted by Crippen LogP contribution is 2.05. The van der Waals surface area contributed by atoms with E-state index < -0.39 is 0 Å². The molecular weight excluding hydrogens is 226 g/mol. The van der Waals surface area contributed by atoms with Crippen LogP contribution in [0.5, 0.6) is 0 Å². The molecule has 2 aromatic rings. The molecule has 96 valence electrons. The maximum Gasteiger partial charge on any atom is 0.122 e. The molecule has 0 saturated carbocycles.